The molecule has 1 aliphatic rings. The van der Waals surface area contributed by atoms with E-state index in [1.807, 2.05) is 84.9 Å². The monoisotopic (exact) mass is 801 g/mol. The van der Waals surface area contributed by atoms with E-state index in [-0.39, 0.29) is 64.0 Å². The standard InChI is InChI=1S/C47H51N3O9/c1-3-5-25-41(49-47(56)59-31-40-38-23-14-12-21-36(38)37-22-13-15-24-39(37)40)45(54)58-32-42(46(55)57-30-34-19-10-7-11-20-34)48-44(53)35(16-4-2)28-43(52)50(26-27-51)29-33-17-8-6-9-18-33/h3-4,6-15,17-24,35,40-42,51H,1-2,5,16,25-32H2,(H,48,53)(H,49,56)/t35-,41+,42-/m1/s1. The second kappa shape index (κ2) is 22.4. The number of rotatable bonds is 22. The highest BCUT2D eigenvalue weighted by molar-refractivity contribution is 5.90. The number of aliphatic hydroxyl groups excluding tert-OH is 1. The van der Waals surface area contributed by atoms with Crippen molar-refractivity contribution in [1.82, 2.24) is 15.5 Å². The SMILES string of the molecule is C=CCC[C@H](NC(=O)OCC1c2ccccc2-c2ccccc21)C(=O)OC[C@@H](NC(=O)[C@H](CC=C)CC(=O)N(CCO)Cc1ccccc1)C(=O)OCc1ccccc1. The molecular formula is C47H51N3O9. The zero-order valence-electron chi connectivity index (χ0n) is 33.0. The van der Waals surface area contributed by atoms with Gasteiger partial charge in [0.25, 0.3) is 0 Å². The summed E-state index contributed by atoms with van der Waals surface area (Å²) in [7, 11) is 0. The van der Waals surface area contributed by atoms with Crippen LogP contribution in [0.2, 0.25) is 0 Å². The van der Waals surface area contributed by atoms with E-state index in [4.69, 9.17) is 14.2 Å². The first-order valence-corrected chi connectivity index (χ1v) is 19.7. The van der Waals surface area contributed by atoms with Gasteiger partial charge in [-0.25, -0.2) is 14.4 Å². The fraction of sp³-hybridized carbons (Fsp3) is 0.298. The molecule has 0 fully saturated rings. The minimum absolute atomic E-state index is 0.0306. The fourth-order valence-corrected chi connectivity index (χ4v) is 6.91. The Balaban J connectivity index is 1.25. The van der Waals surface area contributed by atoms with Crippen molar-refractivity contribution in [1.29, 1.82) is 0 Å². The van der Waals surface area contributed by atoms with Crippen molar-refractivity contribution in [3.05, 3.63) is 157 Å². The molecule has 3 amide bonds. The maximum absolute atomic E-state index is 13.8. The van der Waals surface area contributed by atoms with Crippen molar-refractivity contribution in [2.75, 3.05) is 26.4 Å². The number of benzene rings is 4. The Bertz CT molecular complexity index is 2010. The van der Waals surface area contributed by atoms with Crippen molar-refractivity contribution >= 4 is 29.8 Å². The van der Waals surface area contributed by atoms with Crippen LogP contribution in [-0.4, -0.2) is 78.3 Å². The number of hydrogen-bond donors (Lipinski definition) is 3. The predicted molar refractivity (Wildman–Crippen MR) is 222 cm³/mol. The largest absolute Gasteiger partial charge is 0.461 e. The van der Waals surface area contributed by atoms with Crippen LogP contribution in [0.15, 0.2) is 135 Å². The molecule has 0 aromatic heterocycles. The van der Waals surface area contributed by atoms with Gasteiger partial charge in [-0.15, -0.1) is 13.2 Å². The van der Waals surface area contributed by atoms with Gasteiger partial charge in [-0.3, -0.25) is 9.59 Å². The molecule has 59 heavy (non-hydrogen) atoms. The van der Waals surface area contributed by atoms with E-state index in [1.54, 1.807) is 30.3 Å². The Kier molecular flexibility index (Phi) is 16.6. The molecule has 4 aromatic rings. The number of aliphatic hydroxyl groups is 1. The number of amides is 3. The Morgan fingerprint density at radius 2 is 1.31 bits per heavy atom. The van der Waals surface area contributed by atoms with Crippen LogP contribution in [0.3, 0.4) is 0 Å². The van der Waals surface area contributed by atoms with Crippen LogP contribution in [-0.2, 0) is 46.5 Å². The van der Waals surface area contributed by atoms with E-state index in [0.29, 0.717) is 12.0 Å². The number of ether oxygens (including phenoxy) is 3. The third kappa shape index (κ3) is 12.5. The van der Waals surface area contributed by atoms with Crippen molar-refractivity contribution < 1.29 is 43.3 Å². The third-order valence-corrected chi connectivity index (χ3v) is 9.98. The Hall–Kier alpha value is -6.53. The van der Waals surface area contributed by atoms with Gasteiger partial charge in [0.1, 0.15) is 25.9 Å². The first kappa shape index (κ1) is 43.6. The highest BCUT2D eigenvalue weighted by atomic mass is 16.6. The van der Waals surface area contributed by atoms with E-state index in [9.17, 15) is 29.1 Å². The molecule has 0 heterocycles. The number of alkyl carbamates (subject to hydrolysis) is 1. The molecule has 0 bridgehead atoms. The topological polar surface area (TPSA) is 161 Å². The van der Waals surface area contributed by atoms with Crippen LogP contribution in [0.25, 0.3) is 11.1 Å². The summed E-state index contributed by atoms with van der Waals surface area (Å²) in [5.74, 6) is -3.94. The van der Waals surface area contributed by atoms with Crippen molar-refractivity contribution in [3.63, 3.8) is 0 Å². The van der Waals surface area contributed by atoms with Crippen molar-refractivity contribution in [3.8, 4) is 11.1 Å². The summed E-state index contributed by atoms with van der Waals surface area (Å²) in [5, 5.41) is 14.9. The van der Waals surface area contributed by atoms with E-state index in [1.165, 1.54) is 11.0 Å². The number of nitrogens with zero attached hydrogens (tertiary/aromatic N) is 1. The third-order valence-electron chi connectivity index (χ3n) is 9.98. The molecule has 0 saturated heterocycles. The van der Waals surface area contributed by atoms with Gasteiger partial charge in [0.2, 0.25) is 11.8 Å². The van der Waals surface area contributed by atoms with Crippen molar-refractivity contribution in [2.45, 2.75) is 56.8 Å². The van der Waals surface area contributed by atoms with E-state index in [2.05, 4.69) is 23.8 Å². The summed E-state index contributed by atoms with van der Waals surface area (Å²) in [6.45, 7) is 6.75. The second-order valence-electron chi connectivity index (χ2n) is 14.1. The summed E-state index contributed by atoms with van der Waals surface area (Å²) in [4.78, 5) is 69.0. The number of hydrogen-bond acceptors (Lipinski definition) is 9. The lowest BCUT2D eigenvalue weighted by Gasteiger charge is -2.25. The minimum Gasteiger partial charge on any atom is -0.461 e. The lowest BCUT2D eigenvalue weighted by Crippen LogP contribution is -2.49. The summed E-state index contributed by atoms with van der Waals surface area (Å²) >= 11 is 0. The fourth-order valence-electron chi connectivity index (χ4n) is 6.91. The number of esters is 2. The summed E-state index contributed by atoms with van der Waals surface area (Å²) in [6, 6.07) is 31.4. The molecule has 0 unspecified atom stereocenters. The molecular weight excluding hydrogens is 751 g/mol. The van der Waals surface area contributed by atoms with Gasteiger partial charge in [-0.1, -0.05) is 121 Å². The Morgan fingerprint density at radius 1 is 0.712 bits per heavy atom. The normalized spacial score (nSPS) is 13.0. The van der Waals surface area contributed by atoms with Crippen LogP contribution in [0.5, 0.6) is 0 Å². The first-order chi connectivity index (χ1) is 28.7. The van der Waals surface area contributed by atoms with Gasteiger partial charge in [-0.05, 0) is 52.6 Å². The minimum atomic E-state index is -1.47. The van der Waals surface area contributed by atoms with Gasteiger partial charge < -0.3 is 34.9 Å². The average molecular weight is 802 g/mol. The number of fused-ring (bicyclic) bond motifs is 3. The first-order valence-electron chi connectivity index (χ1n) is 19.7. The Labute approximate surface area is 344 Å². The molecule has 12 nitrogen and oxygen atoms in total. The molecule has 0 radical (unpaired) electrons. The number of carbonyl (C=O) groups excluding carboxylic acids is 5. The molecule has 308 valence electrons. The lowest BCUT2D eigenvalue weighted by molar-refractivity contribution is -0.156. The van der Waals surface area contributed by atoms with Crippen LogP contribution in [0, 0.1) is 5.92 Å². The summed E-state index contributed by atoms with van der Waals surface area (Å²) in [6.07, 6.45) is 2.57. The molecule has 0 aliphatic heterocycles. The predicted octanol–water partition coefficient (Wildman–Crippen LogP) is 6.23. The molecule has 0 spiro atoms. The molecule has 3 atom stereocenters. The second-order valence-corrected chi connectivity index (χ2v) is 14.1. The Morgan fingerprint density at radius 3 is 1.92 bits per heavy atom. The van der Waals surface area contributed by atoms with Crippen LogP contribution >= 0.6 is 0 Å². The zero-order valence-corrected chi connectivity index (χ0v) is 33.0. The number of nitrogens with one attached hydrogen (secondary N) is 2. The van der Waals surface area contributed by atoms with Gasteiger partial charge in [0.15, 0.2) is 6.04 Å². The molecule has 5 rings (SSSR count). The molecule has 1 aliphatic carbocycles. The highest BCUT2D eigenvalue weighted by Gasteiger charge is 2.33. The van der Waals surface area contributed by atoms with Crippen LogP contribution < -0.4 is 10.6 Å². The van der Waals surface area contributed by atoms with E-state index < -0.39 is 48.5 Å². The quantitative estimate of drug-likeness (QED) is 0.0476. The number of carbonyl (C=O) groups is 5. The van der Waals surface area contributed by atoms with Crippen molar-refractivity contribution in [2.24, 2.45) is 5.92 Å². The van der Waals surface area contributed by atoms with Crippen LogP contribution in [0.4, 0.5) is 4.79 Å². The molecule has 12 heteroatoms. The van der Waals surface area contributed by atoms with E-state index >= 15 is 0 Å². The van der Waals surface area contributed by atoms with Crippen LogP contribution in [0.1, 0.15) is 53.9 Å². The zero-order chi connectivity index (χ0) is 42.0. The molecule has 0 saturated carbocycles. The summed E-state index contributed by atoms with van der Waals surface area (Å²) in [5.41, 5.74) is 5.75. The maximum atomic E-state index is 13.8. The molecule has 4 aromatic carbocycles. The average Bonchev–Trinajstić information content (AvgIpc) is 3.58. The van der Waals surface area contributed by atoms with E-state index in [0.717, 1.165) is 27.8 Å². The smallest absolute Gasteiger partial charge is 0.407 e. The lowest BCUT2D eigenvalue weighted by atomic mass is 9.98. The van der Waals surface area contributed by atoms with Gasteiger partial charge in [0, 0.05) is 25.4 Å². The highest BCUT2D eigenvalue weighted by Crippen LogP contribution is 2.44. The molecule has 3 N–H and O–H groups in total. The van der Waals surface area contributed by atoms with Gasteiger partial charge in [-0.2, -0.15) is 0 Å². The number of allylic oxidation sites excluding steroid dienone is 2. The van der Waals surface area contributed by atoms with Gasteiger partial charge >= 0.3 is 18.0 Å². The van der Waals surface area contributed by atoms with Gasteiger partial charge in [0.05, 0.1) is 12.5 Å². The summed E-state index contributed by atoms with van der Waals surface area (Å²) < 4.78 is 16.8. The maximum Gasteiger partial charge on any atom is 0.407 e.